The van der Waals surface area contributed by atoms with Gasteiger partial charge in [0.1, 0.15) is 11.5 Å². The van der Waals surface area contributed by atoms with Crippen molar-refractivity contribution in [2.24, 2.45) is 0 Å². The summed E-state index contributed by atoms with van der Waals surface area (Å²) < 4.78 is 7.16. The van der Waals surface area contributed by atoms with Gasteiger partial charge in [-0.2, -0.15) is 0 Å². The van der Waals surface area contributed by atoms with Gasteiger partial charge in [-0.15, -0.1) is 0 Å². The van der Waals surface area contributed by atoms with E-state index in [0.717, 1.165) is 79.7 Å². The van der Waals surface area contributed by atoms with Crippen LogP contribution in [0.1, 0.15) is 0 Å². The molecule has 4 aliphatic rings. The van der Waals surface area contributed by atoms with Crippen LogP contribution in [0.2, 0.25) is 0 Å². The average molecular weight is 1140 g/mol. The molecule has 0 saturated carbocycles. The molecule has 0 aliphatic carbocycles. The van der Waals surface area contributed by atoms with Gasteiger partial charge in [0, 0.05) is 77.8 Å². The lowest BCUT2D eigenvalue weighted by Crippen LogP contribution is -2.64. The molecule has 4 heterocycles. The number of hydrogen-bond acceptors (Lipinski definition) is 6. The van der Waals surface area contributed by atoms with Crippen molar-refractivity contribution in [3.05, 3.63) is 315 Å². The third-order valence-corrected chi connectivity index (χ3v) is 19.4. The number of benzene rings is 14. The number of nitrogens with zero attached hydrogens (tertiary/aromatic N) is 4. The zero-order valence-electron chi connectivity index (χ0n) is 47.8. The van der Waals surface area contributed by atoms with Crippen molar-refractivity contribution in [1.29, 1.82) is 0 Å². The molecule has 0 amide bonds. The Labute approximate surface area is 516 Å². The van der Waals surface area contributed by atoms with Crippen LogP contribution in [0, 0.1) is 0 Å². The van der Waals surface area contributed by atoms with Crippen LogP contribution in [0.4, 0.5) is 68.2 Å². The molecule has 0 bridgehead atoms. The van der Waals surface area contributed by atoms with Gasteiger partial charge in [0.2, 0.25) is 0 Å². The molecule has 410 valence electrons. The molecule has 0 N–H and O–H groups in total. The third kappa shape index (κ3) is 7.85. The van der Waals surface area contributed by atoms with E-state index in [2.05, 4.69) is 335 Å². The fraction of sp³-hybridized carbons (Fsp3) is 0. The zero-order chi connectivity index (χ0) is 57.8. The molecule has 5 nitrogen and oxygen atoms in total. The molecule has 0 spiro atoms. The first-order chi connectivity index (χ1) is 43.7. The maximum absolute atomic E-state index is 7.16. The Bertz CT molecular complexity index is 4940. The Morgan fingerprint density at radius 3 is 1.35 bits per heavy atom. The number of rotatable bonds is 9. The standard InChI is InChI=1S/C80H52B2N4OS/c1-7-27-53(28-8-1)77-61-39-19-21-41-63(61)80(64-42-22-20-40-62(64)77)86-70-52-75-68(82-66-44-24-26-46-73(66)87-74-49-60(50-76(88-75)79(74)82)84(56-33-13-4-14-34-56)57-35-15-5-16-36-57)51-67(70)81-65-43-23-25-45-69(65)85(58-37-17-6-18-38-58)71-47-59(48-72(86)78(71)81)83(54-29-9-2-10-30-54)55-31-11-3-12-32-55/h1-52H. The number of para-hydroxylation sites is 7. The smallest absolute Gasteiger partial charge is 0.253 e. The molecular weight excluding hydrogens is 1090 g/mol. The Morgan fingerprint density at radius 2 is 0.761 bits per heavy atom. The predicted molar refractivity (Wildman–Crippen MR) is 372 cm³/mol. The summed E-state index contributed by atoms with van der Waals surface area (Å²) >= 11 is 1.87. The minimum Gasteiger partial charge on any atom is -0.458 e. The predicted octanol–water partition coefficient (Wildman–Crippen LogP) is 17.8. The lowest BCUT2D eigenvalue weighted by Gasteiger charge is -2.46. The van der Waals surface area contributed by atoms with Crippen LogP contribution in [-0.4, -0.2) is 13.4 Å². The van der Waals surface area contributed by atoms with Crippen molar-refractivity contribution in [1.82, 2.24) is 0 Å². The van der Waals surface area contributed by atoms with E-state index in [0.29, 0.717) is 0 Å². The van der Waals surface area contributed by atoms with Crippen molar-refractivity contribution in [2.45, 2.75) is 9.79 Å². The van der Waals surface area contributed by atoms with Crippen molar-refractivity contribution >= 4 is 148 Å². The number of fused-ring (bicyclic) bond motifs is 10. The quantitative estimate of drug-likeness (QED) is 0.105. The van der Waals surface area contributed by atoms with Crippen molar-refractivity contribution in [2.75, 3.05) is 19.6 Å². The van der Waals surface area contributed by atoms with Crippen LogP contribution in [0.15, 0.2) is 325 Å². The van der Waals surface area contributed by atoms with Crippen LogP contribution in [0.5, 0.6) is 11.5 Å². The first-order valence-corrected chi connectivity index (χ1v) is 31.0. The van der Waals surface area contributed by atoms with Gasteiger partial charge < -0.3 is 24.3 Å². The minimum atomic E-state index is -0.164. The second-order valence-corrected chi connectivity index (χ2v) is 24.2. The molecule has 88 heavy (non-hydrogen) atoms. The highest BCUT2D eigenvalue weighted by Gasteiger charge is 2.47. The van der Waals surface area contributed by atoms with E-state index in [4.69, 9.17) is 4.74 Å². The Morgan fingerprint density at radius 1 is 0.295 bits per heavy atom. The molecule has 0 aromatic heterocycles. The number of ether oxygens (including phenoxy) is 1. The summed E-state index contributed by atoms with van der Waals surface area (Å²) in [6.07, 6.45) is 0. The van der Waals surface area contributed by atoms with Crippen molar-refractivity contribution < 1.29 is 4.74 Å². The van der Waals surface area contributed by atoms with Crippen LogP contribution in [-0.2, 0) is 0 Å². The topological polar surface area (TPSA) is 22.2 Å². The molecule has 8 heteroatoms. The van der Waals surface area contributed by atoms with E-state index in [-0.39, 0.29) is 13.4 Å². The third-order valence-electron chi connectivity index (χ3n) is 18.2. The highest BCUT2D eigenvalue weighted by molar-refractivity contribution is 8.00. The largest absolute Gasteiger partial charge is 0.458 e. The summed E-state index contributed by atoms with van der Waals surface area (Å²) in [5.74, 6) is 1.76. The van der Waals surface area contributed by atoms with Crippen molar-refractivity contribution in [3.8, 4) is 22.6 Å². The van der Waals surface area contributed by atoms with Gasteiger partial charge in [-0.05, 0) is 146 Å². The Hall–Kier alpha value is -10.9. The maximum Gasteiger partial charge on any atom is 0.253 e. The number of hydrogen-bond donors (Lipinski definition) is 0. The van der Waals surface area contributed by atoms with Crippen LogP contribution in [0.3, 0.4) is 0 Å². The van der Waals surface area contributed by atoms with Gasteiger partial charge in [-0.1, -0.05) is 230 Å². The van der Waals surface area contributed by atoms with E-state index in [9.17, 15) is 0 Å². The highest BCUT2D eigenvalue weighted by Crippen LogP contribution is 2.54. The molecule has 14 aromatic carbocycles. The molecule has 0 saturated heterocycles. The average Bonchev–Trinajstić information content (AvgIpc) is 0.952. The van der Waals surface area contributed by atoms with Gasteiger partial charge >= 0.3 is 0 Å². The van der Waals surface area contributed by atoms with Crippen LogP contribution >= 0.6 is 11.8 Å². The van der Waals surface area contributed by atoms with Gasteiger partial charge in [-0.3, -0.25) is 0 Å². The molecule has 0 radical (unpaired) electrons. The Kier molecular flexibility index (Phi) is 11.7. The van der Waals surface area contributed by atoms with Gasteiger partial charge in [0.25, 0.3) is 13.4 Å². The SMILES string of the molecule is c1ccc(-c2c3ccccc3c(N3c4cc5c(cc4B4c6ccccc6N(c6ccccc6)c6cc(N(c7ccccc7)c7ccccc7)cc3c64)B3c4ccccc4Oc4cc(N(c6ccccc6)c6ccccc6)cc(c43)S5)c3ccccc23)cc1. The second-order valence-electron chi connectivity index (χ2n) is 23.1. The fourth-order valence-corrected chi connectivity index (χ4v) is 15.9. The molecule has 4 aliphatic heterocycles. The monoisotopic (exact) mass is 1140 g/mol. The molecule has 0 fully saturated rings. The van der Waals surface area contributed by atoms with E-state index in [1.165, 1.54) is 75.2 Å². The summed E-state index contributed by atoms with van der Waals surface area (Å²) in [4.78, 5) is 12.4. The first kappa shape index (κ1) is 50.4. The minimum absolute atomic E-state index is 0.110. The van der Waals surface area contributed by atoms with Crippen LogP contribution in [0.25, 0.3) is 32.7 Å². The fourth-order valence-electron chi connectivity index (χ4n) is 14.7. The van der Waals surface area contributed by atoms with Crippen LogP contribution < -0.4 is 57.1 Å². The highest BCUT2D eigenvalue weighted by atomic mass is 32.2. The maximum atomic E-state index is 7.16. The van der Waals surface area contributed by atoms with E-state index in [1.54, 1.807) is 0 Å². The lowest BCUT2D eigenvalue weighted by molar-refractivity contribution is 0.486. The number of anilines is 12. The summed E-state index contributed by atoms with van der Waals surface area (Å²) in [6.45, 7) is -0.274. The molecule has 0 atom stereocenters. The lowest BCUT2D eigenvalue weighted by atomic mass is 9.31. The second kappa shape index (κ2) is 20.4. The van der Waals surface area contributed by atoms with E-state index >= 15 is 0 Å². The molecule has 18 rings (SSSR count). The summed E-state index contributed by atoms with van der Waals surface area (Å²) in [5, 5.41) is 4.74. The summed E-state index contributed by atoms with van der Waals surface area (Å²) in [5.41, 5.74) is 23.0. The first-order valence-electron chi connectivity index (χ1n) is 30.2. The van der Waals surface area contributed by atoms with Gasteiger partial charge in [0.05, 0.1) is 17.1 Å². The summed E-state index contributed by atoms with van der Waals surface area (Å²) in [7, 11) is 0. The summed E-state index contributed by atoms with van der Waals surface area (Å²) in [6, 6.07) is 116. The van der Waals surface area contributed by atoms with E-state index < -0.39 is 0 Å². The van der Waals surface area contributed by atoms with E-state index in [1.807, 2.05) is 11.8 Å². The van der Waals surface area contributed by atoms with Gasteiger partial charge in [-0.25, -0.2) is 0 Å². The Balaban J connectivity index is 0.970. The molecule has 0 unspecified atom stereocenters. The normalized spacial score (nSPS) is 13.0. The van der Waals surface area contributed by atoms with Gasteiger partial charge in [0.15, 0.2) is 0 Å². The zero-order valence-corrected chi connectivity index (χ0v) is 48.6. The molecule has 14 aromatic rings. The van der Waals surface area contributed by atoms with Crippen molar-refractivity contribution in [3.63, 3.8) is 0 Å². The molecular formula is C80H52B2N4OS.